The molecule has 2 aliphatic rings. The lowest BCUT2D eigenvalue weighted by Crippen LogP contribution is -2.36. The molecule has 1 aromatic rings. The van der Waals surface area contributed by atoms with E-state index in [1.165, 1.54) is 56.1 Å². The van der Waals surface area contributed by atoms with Crippen LogP contribution in [0.4, 0.5) is 5.69 Å². The summed E-state index contributed by atoms with van der Waals surface area (Å²) in [6.07, 6.45) is 9.38. The van der Waals surface area contributed by atoms with Crippen LogP contribution in [0.5, 0.6) is 0 Å². The number of fused-ring (bicyclic) bond motifs is 1. The lowest BCUT2D eigenvalue weighted by molar-refractivity contribution is 0.321. The van der Waals surface area contributed by atoms with E-state index in [2.05, 4.69) is 30.4 Å². The molecule has 0 bridgehead atoms. The Morgan fingerprint density at radius 2 is 1.95 bits per heavy atom. The van der Waals surface area contributed by atoms with Crippen LogP contribution in [0.15, 0.2) is 18.2 Å². The van der Waals surface area contributed by atoms with Crippen LogP contribution in [0.3, 0.4) is 0 Å². The predicted octanol–water partition coefficient (Wildman–Crippen LogP) is 3.81. The molecule has 0 aromatic heterocycles. The van der Waals surface area contributed by atoms with Gasteiger partial charge in [-0.05, 0) is 54.9 Å². The maximum atomic E-state index is 5.88. The summed E-state index contributed by atoms with van der Waals surface area (Å²) < 4.78 is 0. The number of hydrogen-bond donors (Lipinski definition) is 2. The van der Waals surface area contributed by atoms with Crippen molar-refractivity contribution in [2.45, 2.75) is 64.0 Å². The first-order chi connectivity index (χ1) is 9.24. The summed E-state index contributed by atoms with van der Waals surface area (Å²) in [6.45, 7) is 2.42. The lowest BCUT2D eigenvalue weighted by atomic mass is 9.95. The smallest absolute Gasteiger partial charge is 0.0328 e. The van der Waals surface area contributed by atoms with Crippen molar-refractivity contribution in [2.75, 3.05) is 5.73 Å². The minimum atomic E-state index is 0.557. The fourth-order valence-electron chi connectivity index (χ4n) is 3.81. The van der Waals surface area contributed by atoms with E-state index in [0.29, 0.717) is 12.1 Å². The van der Waals surface area contributed by atoms with Crippen molar-refractivity contribution < 1.29 is 0 Å². The molecule has 1 aromatic carbocycles. The van der Waals surface area contributed by atoms with E-state index in [9.17, 15) is 0 Å². The Hall–Kier alpha value is -1.02. The van der Waals surface area contributed by atoms with Crippen LogP contribution in [-0.2, 0) is 6.42 Å². The van der Waals surface area contributed by atoms with Crippen molar-refractivity contribution >= 4 is 5.69 Å². The highest BCUT2D eigenvalue weighted by atomic mass is 15.0. The summed E-state index contributed by atoms with van der Waals surface area (Å²) in [7, 11) is 0. The Morgan fingerprint density at radius 1 is 1.11 bits per heavy atom. The van der Waals surface area contributed by atoms with Crippen molar-refractivity contribution in [3.63, 3.8) is 0 Å². The molecule has 0 saturated heterocycles. The van der Waals surface area contributed by atoms with Crippen molar-refractivity contribution in [1.29, 1.82) is 0 Å². The second kappa shape index (κ2) is 5.54. The van der Waals surface area contributed by atoms with Gasteiger partial charge in [-0.25, -0.2) is 0 Å². The fraction of sp³-hybridized carbons (Fsp3) is 0.647. The zero-order chi connectivity index (χ0) is 13.2. The molecule has 104 valence electrons. The van der Waals surface area contributed by atoms with Gasteiger partial charge in [-0.3, -0.25) is 0 Å². The highest BCUT2D eigenvalue weighted by molar-refractivity contribution is 5.47. The molecule has 2 aliphatic carbocycles. The molecule has 3 rings (SSSR count). The number of anilines is 1. The van der Waals surface area contributed by atoms with Gasteiger partial charge < -0.3 is 11.1 Å². The molecule has 0 aliphatic heterocycles. The third kappa shape index (κ3) is 2.79. The van der Waals surface area contributed by atoms with Gasteiger partial charge in [-0.1, -0.05) is 32.3 Å². The topological polar surface area (TPSA) is 38.0 Å². The molecule has 0 radical (unpaired) electrons. The van der Waals surface area contributed by atoms with Crippen LogP contribution in [0.2, 0.25) is 0 Å². The number of nitrogens with one attached hydrogen (secondary N) is 1. The van der Waals surface area contributed by atoms with Crippen LogP contribution < -0.4 is 11.1 Å². The van der Waals surface area contributed by atoms with Gasteiger partial charge in [0.25, 0.3) is 0 Å². The Bertz CT molecular complexity index is 441. The largest absolute Gasteiger partial charge is 0.399 e. The monoisotopic (exact) mass is 258 g/mol. The summed E-state index contributed by atoms with van der Waals surface area (Å²) >= 11 is 0. The summed E-state index contributed by atoms with van der Waals surface area (Å²) in [6, 6.07) is 7.71. The standard InChI is InChI=1S/C17H26N2/c1-12-5-3-2-4-6-16(12)19-17-10-7-13-11-14(18)8-9-15(13)17/h8-9,11-12,16-17,19H,2-7,10,18H2,1H3. The first-order valence-electron chi connectivity index (χ1n) is 7.88. The lowest BCUT2D eigenvalue weighted by Gasteiger charge is -2.27. The molecule has 3 unspecified atom stereocenters. The van der Waals surface area contributed by atoms with Gasteiger partial charge in [0.1, 0.15) is 0 Å². The summed E-state index contributed by atoms with van der Waals surface area (Å²) in [4.78, 5) is 0. The number of rotatable bonds is 2. The van der Waals surface area contributed by atoms with E-state index in [1.807, 2.05) is 0 Å². The molecule has 0 heterocycles. The molecule has 0 spiro atoms. The van der Waals surface area contributed by atoms with E-state index in [0.717, 1.165) is 11.6 Å². The van der Waals surface area contributed by atoms with Gasteiger partial charge >= 0.3 is 0 Å². The Labute approximate surface area is 116 Å². The fourth-order valence-corrected chi connectivity index (χ4v) is 3.81. The maximum Gasteiger partial charge on any atom is 0.0328 e. The van der Waals surface area contributed by atoms with Gasteiger partial charge in [0, 0.05) is 17.8 Å². The molecule has 2 nitrogen and oxygen atoms in total. The number of aryl methyl sites for hydroxylation is 1. The third-order valence-electron chi connectivity index (χ3n) is 5.02. The molecular weight excluding hydrogens is 232 g/mol. The van der Waals surface area contributed by atoms with Gasteiger partial charge in [0.05, 0.1) is 0 Å². The van der Waals surface area contributed by atoms with Crippen molar-refractivity contribution in [1.82, 2.24) is 5.32 Å². The molecule has 2 heteroatoms. The average molecular weight is 258 g/mol. The summed E-state index contributed by atoms with van der Waals surface area (Å²) in [5.41, 5.74) is 9.74. The van der Waals surface area contributed by atoms with E-state index < -0.39 is 0 Å². The zero-order valence-corrected chi connectivity index (χ0v) is 12.0. The van der Waals surface area contributed by atoms with Gasteiger partial charge in [0.2, 0.25) is 0 Å². The highest BCUT2D eigenvalue weighted by Crippen LogP contribution is 2.34. The molecule has 1 fully saturated rings. The van der Waals surface area contributed by atoms with E-state index in [1.54, 1.807) is 0 Å². The SMILES string of the molecule is CC1CCCCCC1NC1CCc2cc(N)ccc21. The maximum absolute atomic E-state index is 5.88. The summed E-state index contributed by atoms with van der Waals surface area (Å²) in [5, 5.41) is 3.94. The van der Waals surface area contributed by atoms with E-state index in [-0.39, 0.29) is 0 Å². The average Bonchev–Trinajstić information content (AvgIpc) is 2.67. The molecule has 0 amide bonds. The minimum Gasteiger partial charge on any atom is -0.399 e. The van der Waals surface area contributed by atoms with Crippen LogP contribution >= 0.6 is 0 Å². The highest BCUT2D eigenvalue weighted by Gasteiger charge is 2.27. The van der Waals surface area contributed by atoms with Crippen molar-refractivity contribution in [3.8, 4) is 0 Å². The second-order valence-corrected chi connectivity index (χ2v) is 6.44. The third-order valence-corrected chi connectivity index (χ3v) is 5.02. The van der Waals surface area contributed by atoms with Crippen molar-refractivity contribution in [3.05, 3.63) is 29.3 Å². The van der Waals surface area contributed by atoms with Crippen LogP contribution in [0.25, 0.3) is 0 Å². The van der Waals surface area contributed by atoms with Crippen molar-refractivity contribution in [2.24, 2.45) is 5.92 Å². The van der Waals surface area contributed by atoms with Gasteiger partial charge in [-0.2, -0.15) is 0 Å². The first kappa shape index (κ1) is 13.0. The summed E-state index contributed by atoms with van der Waals surface area (Å²) in [5.74, 6) is 0.820. The zero-order valence-electron chi connectivity index (χ0n) is 12.0. The molecule has 3 atom stereocenters. The predicted molar refractivity (Wildman–Crippen MR) is 81.1 cm³/mol. The minimum absolute atomic E-state index is 0.557. The number of hydrogen-bond acceptors (Lipinski definition) is 2. The Morgan fingerprint density at radius 3 is 2.84 bits per heavy atom. The molecule has 19 heavy (non-hydrogen) atoms. The van der Waals surface area contributed by atoms with E-state index in [4.69, 9.17) is 5.73 Å². The Balaban J connectivity index is 1.71. The normalized spacial score (nSPS) is 30.9. The Kier molecular flexibility index (Phi) is 3.79. The molecular formula is C17H26N2. The second-order valence-electron chi connectivity index (χ2n) is 6.44. The molecule has 1 saturated carbocycles. The number of nitrogen functional groups attached to an aromatic ring is 1. The number of nitrogens with two attached hydrogens (primary N) is 1. The number of benzene rings is 1. The van der Waals surface area contributed by atoms with Crippen LogP contribution in [0.1, 0.15) is 62.6 Å². The van der Waals surface area contributed by atoms with Gasteiger partial charge in [-0.15, -0.1) is 0 Å². The molecule has 3 N–H and O–H groups in total. The van der Waals surface area contributed by atoms with Crippen LogP contribution in [-0.4, -0.2) is 6.04 Å². The van der Waals surface area contributed by atoms with E-state index >= 15 is 0 Å². The van der Waals surface area contributed by atoms with Gasteiger partial charge in [0.15, 0.2) is 0 Å². The first-order valence-corrected chi connectivity index (χ1v) is 7.88. The van der Waals surface area contributed by atoms with Crippen LogP contribution in [0, 0.1) is 5.92 Å². The quantitative estimate of drug-likeness (QED) is 0.625.